The van der Waals surface area contributed by atoms with E-state index in [-0.39, 0.29) is 12.2 Å². The molecule has 0 saturated carbocycles. The second-order valence-electron chi connectivity index (χ2n) is 3.81. The van der Waals surface area contributed by atoms with Gasteiger partial charge in [-0.3, -0.25) is 0 Å². The van der Waals surface area contributed by atoms with Crippen molar-refractivity contribution < 1.29 is 14.2 Å². The van der Waals surface area contributed by atoms with Crippen LogP contribution in [0.1, 0.15) is 24.4 Å². The van der Waals surface area contributed by atoms with Crippen LogP contribution < -0.4 is 4.74 Å². The molecule has 2 rings (SSSR count). The Morgan fingerprint density at radius 2 is 2.06 bits per heavy atom. The van der Waals surface area contributed by atoms with Crippen LogP contribution in [0.5, 0.6) is 5.75 Å². The predicted molar refractivity (Wildman–Crippen MR) is 63.4 cm³/mol. The largest absolute Gasteiger partial charge is 0.486 e. The van der Waals surface area contributed by atoms with Crippen LogP contribution in [0.3, 0.4) is 0 Å². The van der Waals surface area contributed by atoms with Crippen molar-refractivity contribution in [1.29, 1.82) is 0 Å². The molecule has 4 nitrogen and oxygen atoms in total. The van der Waals surface area contributed by atoms with Crippen LogP contribution in [0.2, 0.25) is 0 Å². The van der Waals surface area contributed by atoms with E-state index in [4.69, 9.17) is 4.74 Å². The fourth-order valence-electron chi connectivity index (χ4n) is 1.49. The van der Waals surface area contributed by atoms with E-state index in [1.807, 2.05) is 0 Å². The van der Waals surface area contributed by atoms with Gasteiger partial charge in [0.15, 0.2) is 5.82 Å². The van der Waals surface area contributed by atoms with Crippen molar-refractivity contribution in [3.63, 3.8) is 0 Å². The highest BCUT2D eigenvalue weighted by atomic mass is 19.1. The van der Waals surface area contributed by atoms with Gasteiger partial charge in [0.1, 0.15) is 18.2 Å². The van der Waals surface area contributed by atoms with Crippen molar-refractivity contribution in [1.82, 2.24) is 9.97 Å². The highest BCUT2D eigenvalue weighted by Gasteiger charge is 2.09. The molecule has 0 unspecified atom stereocenters. The first kappa shape index (κ1) is 12.4. The average Bonchev–Trinajstić information content (AvgIpc) is 2.37. The zero-order chi connectivity index (χ0) is 13.0. The number of hydrogen-bond acceptors (Lipinski definition) is 4. The van der Waals surface area contributed by atoms with E-state index >= 15 is 0 Å². The first-order valence-corrected chi connectivity index (χ1v) is 5.53. The number of aliphatic hydroxyl groups is 1. The summed E-state index contributed by atoms with van der Waals surface area (Å²) in [6.07, 6.45) is 2.39. The molecule has 0 fully saturated rings. The van der Waals surface area contributed by atoms with Crippen molar-refractivity contribution in [3.8, 4) is 5.75 Å². The van der Waals surface area contributed by atoms with Gasteiger partial charge in [0, 0.05) is 24.0 Å². The molecule has 94 valence electrons. The zero-order valence-electron chi connectivity index (χ0n) is 9.88. The van der Waals surface area contributed by atoms with E-state index in [0.717, 1.165) is 0 Å². The van der Waals surface area contributed by atoms with E-state index in [1.54, 1.807) is 24.5 Å². The Hall–Kier alpha value is -2.01. The number of aromatic nitrogens is 2. The lowest BCUT2D eigenvalue weighted by atomic mass is 10.1. The summed E-state index contributed by atoms with van der Waals surface area (Å²) >= 11 is 0. The van der Waals surface area contributed by atoms with E-state index in [2.05, 4.69) is 9.97 Å². The van der Waals surface area contributed by atoms with Gasteiger partial charge >= 0.3 is 0 Å². The van der Waals surface area contributed by atoms with Gasteiger partial charge in [-0.1, -0.05) is 0 Å². The molecule has 1 atom stereocenters. The van der Waals surface area contributed by atoms with Crippen molar-refractivity contribution in [3.05, 3.63) is 53.9 Å². The van der Waals surface area contributed by atoms with Crippen LogP contribution in [-0.2, 0) is 6.61 Å². The summed E-state index contributed by atoms with van der Waals surface area (Å²) in [5, 5.41) is 9.30. The van der Waals surface area contributed by atoms with Crippen LogP contribution in [0.15, 0.2) is 36.7 Å². The molecule has 1 aromatic carbocycles. The van der Waals surface area contributed by atoms with Gasteiger partial charge in [-0.25, -0.2) is 14.4 Å². The Morgan fingerprint density at radius 3 is 2.67 bits per heavy atom. The minimum absolute atomic E-state index is 0.175. The lowest BCUT2D eigenvalue weighted by Gasteiger charge is -2.09. The lowest BCUT2D eigenvalue weighted by molar-refractivity contribution is 0.193. The normalized spacial score (nSPS) is 12.2. The van der Waals surface area contributed by atoms with Crippen LogP contribution in [0.25, 0.3) is 0 Å². The monoisotopic (exact) mass is 248 g/mol. The summed E-state index contributed by atoms with van der Waals surface area (Å²) in [6, 6.07) is 6.06. The van der Waals surface area contributed by atoms with Gasteiger partial charge in [-0.05, 0) is 25.1 Å². The third-order valence-corrected chi connectivity index (χ3v) is 2.41. The molecule has 1 heterocycles. The number of benzene rings is 1. The van der Waals surface area contributed by atoms with Crippen LogP contribution in [0, 0.1) is 5.82 Å². The third-order valence-electron chi connectivity index (χ3n) is 2.41. The Labute approximate surface area is 104 Å². The number of aliphatic hydroxyl groups excluding tert-OH is 1. The molecule has 0 radical (unpaired) electrons. The van der Waals surface area contributed by atoms with Crippen LogP contribution in [-0.4, -0.2) is 15.1 Å². The summed E-state index contributed by atoms with van der Waals surface area (Å²) in [7, 11) is 0. The minimum atomic E-state index is -0.837. The first-order chi connectivity index (χ1) is 8.66. The Balaban J connectivity index is 2.05. The van der Waals surface area contributed by atoms with Crippen LogP contribution >= 0.6 is 0 Å². The SMILES string of the molecule is C[C@H](O)c1ccc(OCc2ncccn2)cc1F. The topological polar surface area (TPSA) is 55.2 Å². The molecule has 1 aromatic heterocycles. The predicted octanol–water partition coefficient (Wildman–Crippen LogP) is 2.25. The maximum absolute atomic E-state index is 13.6. The van der Waals surface area contributed by atoms with Crippen molar-refractivity contribution in [2.24, 2.45) is 0 Å². The highest BCUT2D eigenvalue weighted by molar-refractivity contribution is 5.30. The Morgan fingerprint density at radius 1 is 1.33 bits per heavy atom. The smallest absolute Gasteiger partial charge is 0.166 e. The van der Waals surface area contributed by atoms with E-state index in [0.29, 0.717) is 11.6 Å². The van der Waals surface area contributed by atoms with Crippen LogP contribution in [0.4, 0.5) is 4.39 Å². The maximum atomic E-state index is 13.6. The molecule has 0 bridgehead atoms. The van der Waals surface area contributed by atoms with Gasteiger partial charge in [0.2, 0.25) is 0 Å². The summed E-state index contributed by atoms with van der Waals surface area (Å²) in [5.41, 5.74) is 0.248. The molecular formula is C13H13FN2O2. The number of ether oxygens (including phenoxy) is 1. The Kier molecular flexibility index (Phi) is 3.84. The van der Waals surface area contributed by atoms with Gasteiger partial charge in [-0.15, -0.1) is 0 Å². The average molecular weight is 248 g/mol. The van der Waals surface area contributed by atoms with Crippen molar-refractivity contribution in [2.45, 2.75) is 19.6 Å². The molecule has 0 spiro atoms. The molecule has 0 aliphatic rings. The minimum Gasteiger partial charge on any atom is -0.486 e. The van der Waals surface area contributed by atoms with Crippen molar-refractivity contribution in [2.75, 3.05) is 0 Å². The standard InChI is InChI=1S/C13H13FN2O2/c1-9(17)11-4-3-10(7-12(11)14)18-8-13-15-5-2-6-16-13/h2-7,9,17H,8H2,1H3/t9-/m0/s1. The van der Waals surface area contributed by atoms with Gasteiger partial charge in [0.25, 0.3) is 0 Å². The lowest BCUT2D eigenvalue weighted by Crippen LogP contribution is -2.02. The van der Waals surface area contributed by atoms with Gasteiger partial charge in [0.05, 0.1) is 6.10 Å². The van der Waals surface area contributed by atoms with Gasteiger partial charge < -0.3 is 9.84 Å². The maximum Gasteiger partial charge on any atom is 0.166 e. The number of rotatable bonds is 4. The first-order valence-electron chi connectivity index (χ1n) is 5.53. The number of halogens is 1. The molecule has 1 N–H and O–H groups in total. The van der Waals surface area contributed by atoms with E-state index in [1.165, 1.54) is 19.1 Å². The second kappa shape index (κ2) is 5.55. The molecule has 0 aliphatic carbocycles. The second-order valence-corrected chi connectivity index (χ2v) is 3.81. The fourth-order valence-corrected chi connectivity index (χ4v) is 1.49. The van der Waals surface area contributed by atoms with Crippen molar-refractivity contribution >= 4 is 0 Å². The van der Waals surface area contributed by atoms with Gasteiger partial charge in [-0.2, -0.15) is 0 Å². The highest BCUT2D eigenvalue weighted by Crippen LogP contribution is 2.22. The van der Waals surface area contributed by atoms with E-state index < -0.39 is 11.9 Å². The Bertz CT molecular complexity index is 518. The third kappa shape index (κ3) is 3.01. The summed E-state index contributed by atoms with van der Waals surface area (Å²) in [6.45, 7) is 1.69. The molecule has 18 heavy (non-hydrogen) atoms. The molecule has 2 aromatic rings. The summed E-state index contributed by atoms with van der Waals surface area (Å²) in [4.78, 5) is 7.98. The molecule has 0 amide bonds. The van der Waals surface area contributed by atoms with E-state index in [9.17, 15) is 9.50 Å². The molecule has 0 aliphatic heterocycles. The number of nitrogens with zero attached hydrogens (tertiary/aromatic N) is 2. The fraction of sp³-hybridized carbons (Fsp3) is 0.231. The quantitative estimate of drug-likeness (QED) is 0.901. The zero-order valence-corrected chi connectivity index (χ0v) is 9.88. The summed E-state index contributed by atoms with van der Waals surface area (Å²) < 4.78 is 18.9. The number of hydrogen-bond donors (Lipinski definition) is 1. The molecule has 0 saturated heterocycles. The molecule has 5 heteroatoms. The summed E-state index contributed by atoms with van der Waals surface area (Å²) in [5.74, 6) is 0.415. The molecular weight excluding hydrogens is 235 g/mol.